The van der Waals surface area contributed by atoms with Gasteiger partial charge in [0.05, 0.1) is 0 Å². The number of benzene rings is 2. The van der Waals surface area contributed by atoms with Crippen molar-refractivity contribution in [2.45, 2.75) is 39.3 Å². The lowest BCUT2D eigenvalue weighted by atomic mass is 9.95. The fourth-order valence-electron chi connectivity index (χ4n) is 4.05. The molecule has 1 aliphatic heterocycles. The van der Waals surface area contributed by atoms with Crippen molar-refractivity contribution in [3.05, 3.63) is 71.4 Å². The van der Waals surface area contributed by atoms with E-state index in [0.29, 0.717) is 18.7 Å². The van der Waals surface area contributed by atoms with Gasteiger partial charge in [0.15, 0.2) is 0 Å². The quantitative estimate of drug-likeness (QED) is 0.695. The smallest absolute Gasteiger partial charge is 0.251 e. The Bertz CT molecular complexity index is 1030. The molecule has 1 aromatic heterocycles. The standard InChI is InChI=1S/C24H27N3O2/c1-3-16(2)22(26-23(28)17-9-5-4-6-10-17)24(29)27-14-13-21-19(15-27)18-11-7-8-12-20(18)25-21/h4-12,16,22,25H,3,13-15H2,1-2H3,(H,26,28)/t16-,22+/m1/s1. The first-order valence-electron chi connectivity index (χ1n) is 10.3. The van der Waals surface area contributed by atoms with Crippen molar-refractivity contribution in [2.75, 3.05) is 6.54 Å². The molecule has 5 nitrogen and oxygen atoms in total. The number of H-pyrrole nitrogens is 1. The molecule has 0 bridgehead atoms. The van der Waals surface area contributed by atoms with Gasteiger partial charge in [-0.1, -0.05) is 56.7 Å². The minimum atomic E-state index is -0.528. The van der Waals surface area contributed by atoms with Crippen LogP contribution in [0.5, 0.6) is 0 Å². The molecule has 0 aliphatic carbocycles. The molecule has 3 aromatic rings. The minimum Gasteiger partial charge on any atom is -0.358 e. The van der Waals surface area contributed by atoms with Crippen molar-refractivity contribution >= 4 is 22.7 Å². The Morgan fingerprint density at radius 2 is 1.83 bits per heavy atom. The number of rotatable bonds is 5. The van der Waals surface area contributed by atoms with Crippen molar-refractivity contribution in [3.63, 3.8) is 0 Å². The van der Waals surface area contributed by atoms with E-state index in [9.17, 15) is 9.59 Å². The van der Waals surface area contributed by atoms with Gasteiger partial charge in [0.1, 0.15) is 6.04 Å². The monoisotopic (exact) mass is 389 g/mol. The zero-order valence-electron chi connectivity index (χ0n) is 16.9. The van der Waals surface area contributed by atoms with Gasteiger partial charge in [-0.05, 0) is 24.1 Å². The van der Waals surface area contributed by atoms with Gasteiger partial charge in [-0.15, -0.1) is 0 Å². The summed E-state index contributed by atoms with van der Waals surface area (Å²) in [6, 6.07) is 16.8. The van der Waals surface area contributed by atoms with Crippen LogP contribution in [0.1, 0.15) is 41.9 Å². The van der Waals surface area contributed by atoms with E-state index in [1.54, 1.807) is 12.1 Å². The molecule has 0 radical (unpaired) electrons. The van der Waals surface area contributed by atoms with Gasteiger partial charge in [-0.2, -0.15) is 0 Å². The van der Waals surface area contributed by atoms with E-state index in [-0.39, 0.29) is 17.7 Å². The molecule has 0 unspecified atom stereocenters. The molecule has 5 heteroatoms. The number of amides is 2. The van der Waals surface area contributed by atoms with Gasteiger partial charge in [-0.25, -0.2) is 0 Å². The normalized spacial score (nSPS) is 15.6. The van der Waals surface area contributed by atoms with E-state index < -0.39 is 6.04 Å². The van der Waals surface area contributed by atoms with Gasteiger partial charge < -0.3 is 15.2 Å². The summed E-state index contributed by atoms with van der Waals surface area (Å²) >= 11 is 0. The summed E-state index contributed by atoms with van der Waals surface area (Å²) < 4.78 is 0. The topological polar surface area (TPSA) is 65.2 Å². The molecule has 0 saturated heterocycles. The molecule has 0 fully saturated rings. The first-order chi connectivity index (χ1) is 14.1. The largest absolute Gasteiger partial charge is 0.358 e. The van der Waals surface area contributed by atoms with Crippen molar-refractivity contribution < 1.29 is 9.59 Å². The highest BCUT2D eigenvalue weighted by molar-refractivity contribution is 5.97. The highest BCUT2D eigenvalue weighted by Crippen LogP contribution is 2.28. The maximum absolute atomic E-state index is 13.4. The molecule has 4 rings (SSSR count). The first kappa shape index (κ1) is 19.2. The highest BCUT2D eigenvalue weighted by Gasteiger charge is 2.32. The Morgan fingerprint density at radius 3 is 2.59 bits per heavy atom. The van der Waals surface area contributed by atoms with Crippen LogP contribution in [0.25, 0.3) is 10.9 Å². The summed E-state index contributed by atoms with van der Waals surface area (Å²) in [4.78, 5) is 31.5. The van der Waals surface area contributed by atoms with Crippen molar-refractivity contribution in [1.29, 1.82) is 0 Å². The van der Waals surface area contributed by atoms with Crippen LogP contribution in [-0.4, -0.2) is 34.3 Å². The maximum atomic E-state index is 13.4. The zero-order chi connectivity index (χ0) is 20.4. The average Bonchev–Trinajstić information content (AvgIpc) is 3.14. The fourth-order valence-corrected chi connectivity index (χ4v) is 4.05. The summed E-state index contributed by atoms with van der Waals surface area (Å²) in [6.07, 6.45) is 1.62. The number of aromatic nitrogens is 1. The van der Waals surface area contributed by atoms with Crippen LogP contribution < -0.4 is 5.32 Å². The summed E-state index contributed by atoms with van der Waals surface area (Å²) in [5.41, 5.74) is 4.09. The SMILES string of the molecule is CC[C@@H](C)[C@H](NC(=O)c1ccccc1)C(=O)N1CCc2[nH]c3ccccc3c2C1. The zero-order valence-corrected chi connectivity index (χ0v) is 16.9. The van der Waals surface area contributed by atoms with Gasteiger partial charge >= 0.3 is 0 Å². The number of nitrogens with one attached hydrogen (secondary N) is 2. The lowest BCUT2D eigenvalue weighted by Gasteiger charge is -2.33. The Kier molecular flexibility index (Phi) is 5.38. The second-order valence-electron chi connectivity index (χ2n) is 7.84. The number of hydrogen-bond acceptors (Lipinski definition) is 2. The molecule has 0 spiro atoms. The Morgan fingerprint density at radius 1 is 1.10 bits per heavy atom. The molecular formula is C24H27N3O2. The predicted octanol–water partition coefficient (Wildman–Crippen LogP) is 3.90. The molecule has 2 atom stereocenters. The maximum Gasteiger partial charge on any atom is 0.251 e. The Labute approximate surface area is 171 Å². The van der Waals surface area contributed by atoms with Crippen LogP contribution in [0, 0.1) is 5.92 Å². The van der Waals surface area contributed by atoms with Crippen molar-refractivity contribution in [3.8, 4) is 0 Å². The molecule has 2 aromatic carbocycles. The third kappa shape index (κ3) is 3.77. The molecule has 2 heterocycles. The van der Waals surface area contributed by atoms with Gasteiger partial charge in [0.25, 0.3) is 5.91 Å². The number of nitrogens with zero attached hydrogens (tertiary/aromatic N) is 1. The molecule has 2 N–H and O–H groups in total. The van der Waals surface area contributed by atoms with Crippen LogP contribution in [0.15, 0.2) is 54.6 Å². The predicted molar refractivity (Wildman–Crippen MR) is 115 cm³/mol. The van der Waals surface area contributed by atoms with Crippen molar-refractivity contribution in [1.82, 2.24) is 15.2 Å². The number of hydrogen-bond donors (Lipinski definition) is 2. The number of carbonyl (C=O) groups excluding carboxylic acids is 2. The minimum absolute atomic E-state index is 0.000405. The molecule has 2 amide bonds. The van der Waals surface area contributed by atoms with Crippen LogP contribution >= 0.6 is 0 Å². The van der Waals surface area contributed by atoms with E-state index in [0.717, 1.165) is 18.4 Å². The molecule has 150 valence electrons. The van der Waals surface area contributed by atoms with Crippen LogP contribution in [0.2, 0.25) is 0 Å². The Balaban J connectivity index is 1.56. The number of para-hydroxylation sites is 1. The summed E-state index contributed by atoms with van der Waals surface area (Å²) in [5.74, 6) is -0.145. The lowest BCUT2D eigenvalue weighted by molar-refractivity contribution is -0.135. The van der Waals surface area contributed by atoms with Crippen LogP contribution in [0.4, 0.5) is 0 Å². The van der Waals surface area contributed by atoms with Gasteiger partial charge in [0.2, 0.25) is 5.91 Å². The number of carbonyl (C=O) groups is 2. The van der Waals surface area contributed by atoms with E-state index >= 15 is 0 Å². The van der Waals surface area contributed by atoms with E-state index in [4.69, 9.17) is 0 Å². The highest BCUT2D eigenvalue weighted by atomic mass is 16.2. The third-order valence-electron chi connectivity index (χ3n) is 6.00. The Hall–Kier alpha value is -3.08. The lowest BCUT2D eigenvalue weighted by Crippen LogP contribution is -2.52. The van der Waals surface area contributed by atoms with Crippen molar-refractivity contribution in [2.24, 2.45) is 5.92 Å². The molecule has 0 saturated carbocycles. The molecule has 1 aliphatic rings. The van der Waals surface area contributed by atoms with E-state index in [1.807, 2.05) is 49.1 Å². The summed E-state index contributed by atoms with van der Waals surface area (Å²) in [5, 5.41) is 4.17. The van der Waals surface area contributed by atoms with E-state index in [2.05, 4.69) is 22.4 Å². The summed E-state index contributed by atoms with van der Waals surface area (Å²) in [6.45, 7) is 5.31. The second kappa shape index (κ2) is 8.11. The average molecular weight is 389 g/mol. The van der Waals surface area contributed by atoms with Crippen LogP contribution in [-0.2, 0) is 17.8 Å². The first-order valence-corrected chi connectivity index (χ1v) is 10.3. The second-order valence-corrected chi connectivity index (χ2v) is 7.84. The third-order valence-corrected chi connectivity index (χ3v) is 6.00. The molecule has 29 heavy (non-hydrogen) atoms. The molecular weight excluding hydrogens is 362 g/mol. The van der Waals surface area contributed by atoms with Gasteiger partial charge in [-0.3, -0.25) is 9.59 Å². The fraction of sp³-hybridized carbons (Fsp3) is 0.333. The van der Waals surface area contributed by atoms with Crippen LogP contribution in [0.3, 0.4) is 0 Å². The number of aromatic amines is 1. The number of fused-ring (bicyclic) bond motifs is 3. The van der Waals surface area contributed by atoms with Gasteiger partial charge in [0, 0.05) is 47.2 Å². The summed E-state index contributed by atoms with van der Waals surface area (Å²) in [7, 11) is 0. The van der Waals surface area contributed by atoms with E-state index in [1.165, 1.54) is 16.6 Å².